The first-order valence-corrected chi connectivity index (χ1v) is 9.30. The minimum absolute atomic E-state index is 0.143. The Morgan fingerprint density at radius 1 is 0.889 bits per heavy atom. The molecule has 3 aromatic carbocycles. The number of aryl methyl sites for hydroxylation is 1. The molecule has 0 fully saturated rings. The molecular formula is C22H16Cl2N2O. The molecule has 0 atom stereocenters. The molecule has 1 heterocycles. The summed E-state index contributed by atoms with van der Waals surface area (Å²) in [5, 5.41) is 7.54. The second-order valence-corrected chi connectivity index (χ2v) is 7.32. The fraction of sp³-hybridized carbons (Fsp3) is 0.0909. The molecule has 5 heteroatoms. The lowest BCUT2D eigenvalue weighted by molar-refractivity contribution is 0.783. The zero-order valence-electron chi connectivity index (χ0n) is 14.6. The summed E-state index contributed by atoms with van der Waals surface area (Å²) >= 11 is 12.1. The Labute approximate surface area is 166 Å². The minimum atomic E-state index is -0.143. The first-order chi connectivity index (χ1) is 13.0. The van der Waals surface area contributed by atoms with Gasteiger partial charge in [-0.15, -0.1) is 0 Å². The van der Waals surface area contributed by atoms with Gasteiger partial charge in [0.2, 0.25) is 0 Å². The number of nitrogens with zero attached hydrogens (tertiary/aromatic N) is 2. The average molecular weight is 395 g/mol. The van der Waals surface area contributed by atoms with Crippen molar-refractivity contribution in [2.24, 2.45) is 0 Å². The monoisotopic (exact) mass is 394 g/mol. The van der Waals surface area contributed by atoms with Crippen molar-refractivity contribution in [3.8, 4) is 5.69 Å². The predicted molar refractivity (Wildman–Crippen MR) is 111 cm³/mol. The molecule has 1 aromatic heterocycles. The Bertz CT molecular complexity index is 1200. The van der Waals surface area contributed by atoms with Crippen LogP contribution in [0.15, 0.2) is 71.5 Å². The van der Waals surface area contributed by atoms with Crippen LogP contribution >= 0.6 is 23.2 Å². The maximum absolute atomic E-state index is 13.1. The van der Waals surface area contributed by atoms with E-state index in [9.17, 15) is 4.79 Å². The molecule has 4 rings (SSSR count). The van der Waals surface area contributed by atoms with Gasteiger partial charge in [-0.1, -0.05) is 53.5 Å². The number of rotatable bonds is 3. The van der Waals surface area contributed by atoms with Crippen LogP contribution in [0.4, 0.5) is 0 Å². The third kappa shape index (κ3) is 3.48. The summed E-state index contributed by atoms with van der Waals surface area (Å²) in [5.41, 5.74) is 3.39. The highest BCUT2D eigenvalue weighted by Crippen LogP contribution is 2.22. The van der Waals surface area contributed by atoms with Crippen molar-refractivity contribution in [3.63, 3.8) is 0 Å². The summed E-state index contributed by atoms with van der Waals surface area (Å²) in [6, 6.07) is 20.7. The number of hydrogen-bond acceptors (Lipinski definition) is 2. The van der Waals surface area contributed by atoms with Crippen LogP contribution in [-0.2, 0) is 6.42 Å². The van der Waals surface area contributed by atoms with Crippen molar-refractivity contribution < 1.29 is 0 Å². The van der Waals surface area contributed by atoms with Crippen molar-refractivity contribution in [3.05, 3.63) is 104 Å². The number of benzene rings is 3. The van der Waals surface area contributed by atoms with E-state index >= 15 is 0 Å². The fourth-order valence-electron chi connectivity index (χ4n) is 3.20. The molecule has 0 saturated carbocycles. The van der Waals surface area contributed by atoms with Gasteiger partial charge in [-0.05, 0) is 54.4 Å². The molecular weight excluding hydrogens is 379 g/mol. The van der Waals surface area contributed by atoms with Gasteiger partial charge >= 0.3 is 0 Å². The highest BCUT2D eigenvalue weighted by Gasteiger charge is 2.13. The van der Waals surface area contributed by atoms with Gasteiger partial charge in [0.15, 0.2) is 0 Å². The first-order valence-electron chi connectivity index (χ1n) is 8.55. The van der Waals surface area contributed by atoms with Gasteiger partial charge in [0.05, 0.1) is 16.8 Å². The quantitative estimate of drug-likeness (QED) is 0.453. The molecule has 0 aliphatic rings. The molecule has 134 valence electrons. The number of halogens is 2. The van der Waals surface area contributed by atoms with Gasteiger partial charge in [0.1, 0.15) is 0 Å². The summed E-state index contributed by atoms with van der Waals surface area (Å²) in [4.78, 5) is 13.1. The highest BCUT2D eigenvalue weighted by molar-refractivity contribution is 6.30. The van der Waals surface area contributed by atoms with E-state index in [1.807, 2.05) is 67.6 Å². The first kappa shape index (κ1) is 17.8. The molecule has 0 amide bonds. The molecule has 3 nitrogen and oxygen atoms in total. The van der Waals surface area contributed by atoms with Crippen molar-refractivity contribution in [1.82, 2.24) is 9.78 Å². The van der Waals surface area contributed by atoms with Gasteiger partial charge in [-0.3, -0.25) is 4.79 Å². The molecule has 27 heavy (non-hydrogen) atoms. The van der Waals surface area contributed by atoms with E-state index in [-0.39, 0.29) is 5.56 Å². The second kappa shape index (κ2) is 7.18. The number of aromatic nitrogens is 2. The van der Waals surface area contributed by atoms with E-state index in [1.165, 1.54) is 4.68 Å². The van der Waals surface area contributed by atoms with E-state index in [1.54, 1.807) is 6.07 Å². The molecule has 0 N–H and O–H groups in total. The Hall–Kier alpha value is -2.62. The summed E-state index contributed by atoms with van der Waals surface area (Å²) in [7, 11) is 0. The number of hydrogen-bond donors (Lipinski definition) is 0. The van der Waals surface area contributed by atoms with Crippen molar-refractivity contribution in [1.29, 1.82) is 0 Å². The molecule has 0 aliphatic carbocycles. The smallest absolute Gasteiger partial charge is 0.267 e. The normalized spacial score (nSPS) is 11.1. The number of fused-ring (bicyclic) bond motifs is 1. The van der Waals surface area contributed by atoms with E-state index < -0.39 is 0 Å². The van der Waals surface area contributed by atoms with Gasteiger partial charge < -0.3 is 0 Å². The Kier molecular flexibility index (Phi) is 4.73. The van der Waals surface area contributed by atoms with Gasteiger partial charge in [0.25, 0.3) is 5.56 Å². The summed E-state index contributed by atoms with van der Waals surface area (Å²) < 4.78 is 1.47. The van der Waals surface area contributed by atoms with E-state index in [0.29, 0.717) is 21.9 Å². The lowest BCUT2D eigenvalue weighted by Gasteiger charge is -2.13. The Morgan fingerprint density at radius 2 is 1.56 bits per heavy atom. The van der Waals surface area contributed by atoms with Crippen LogP contribution in [0, 0.1) is 6.92 Å². The topological polar surface area (TPSA) is 34.9 Å². The molecule has 0 unspecified atom stereocenters. The van der Waals surface area contributed by atoms with Crippen molar-refractivity contribution in [2.45, 2.75) is 13.3 Å². The average Bonchev–Trinajstić information content (AvgIpc) is 2.66. The predicted octanol–water partition coefficient (Wildman–Crippen LogP) is 5.59. The van der Waals surface area contributed by atoms with Crippen molar-refractivity contribution >= 4 is 34.0 Å². The zero-order chi connectivity index (χ0) is 19.0. The van der Waals surface area contributed by atoms with Crippen LogP contribution in [0.25, 0.3) is 16.5 Å². The fourth-order valence-corrected chi connectivity index (χ4v) is 3.55. The summed E-state index contributed by atoms with van der Waals surface area (Å²) in [6.45, 7) is 1.92. The van der Waals surface area contributed by atoms with Crippen LogP contribution < -0.4 is 5.56 Å². The van der Waals surface area contributed by atoms with Gasteiger partial charge in [-0.25, -0.2) is 0 Å². The largest absolute Gasteiger partial charge is 0.279 e. The third-order valence-corrected chi connectivity index (χ3v) is 5.04. The molecule has 0 aliphatic heterocycles. The van der Waals surface area contributed by atoms with Crippen LogP contribution in [0.3, 0.4) is 0 Å². The van der Waals surface area contributed by atoms with Gasteiger partial charge in [-0.2, -0.15) is 9.78 Å². The van der Waals surface area contributed by atoms with Crippen LogP contribution in [-0.4, -0.2) is 9.78 Å². The summed E-state index contributed by atoms with van der Waals surface area (Å²) in [5.74, 6) is 0. The molecule has 0 spiro atoms. The van der Waals surface area contributed by atoms with Crippen LogP contribution in [0.5, 0.6) is 0 Å². The maximum Gasteiger partial charge on any atom is 0.279 e. The molecule has 4 aromatic rings. The minimum Gasteiger partial charge on any atom is -0.267 e. The SMILES string of the molecule is Cc1cc(Cl)ccc1-n1nc(Cc2ccc(Cl)cc2)c2ccccc2c1=O. The van der Waals surface area contributed by atoms with E-state index in [0.717, 1.165) is 27.9 Å². The Morgan fingerprint density at radius 3 is 2.26 bits per heavy atom. The van der Waals surface area contributed by atoms with Crippen molar-refractivity contribution in [2.75, 3.05) is 0 Å². The maximum atomic E-state index is 13.1. The van der Waals surface area contributed by atoms with E-state index in [2.05, 4.69) is 0 Å². The molecule has 0 saturated heterocycles. The Balaban J connectivity index is 1.94. The zero-order valence-corrected chi connectivity index (χ0v) is 16.1. The standard InChI is InChI=1S/C22H16Cl2N2O/c1-14-12-17(24)10-11-21(14)26-22(27)19-5-3-2-4-18(19)20(25-26)13-15-6-8-16(23)9-7-15/h2-12H,13H2,1H3. The lowest BCUT2D eigenvalue weighted by atomic mass is 10.0. The molecule has 0 bridgehead atoms. The van der Waals surface area contributed by atoms with E-state index in [4.69, 9.17) is 28.3 Å². The molecule has 0 radical (unpaired) electrons. The lowest BCUT2D eigenvalue weighted by Crippen LogP contribution is -2.24. The summed E-state index contributed by atoms with van der Waals surface area (Å²) in [6.07, 6.45) is 0.602. The van der Waals surface area contributed by atoms with Crippen LogP contribution in [0.2, 0.25) is 10.0 Å². The second-order valence-electron chi connectivity index (χ2n) is 6.44. The van der Waals surface area contributed by atoms with Crippen LogP contribution in [0.1, 0.15) is 16.8 Å². The highest BCUT2D eigenvalue weighted by atomic mass is 35.5. The third-order valence-electron chi connectivity index (χ3n) is 4.55. The van der Waals surface area contributed by atoms with Gasteiger partial charge in [0, 0.05) is 21.9 Å².